The number of nitrogens with one attached hydrogen (secondary N) is 1. The van der Waals surface area contributed by atoms with Gasteiger partial charge in [-0.2, -0.15) is 0 Å². The Hall–Kier alpha value is -2.38. The Kier molecular flexibility index (Phi) is 39.1. The summed E-state index contributed by atoms with van der Waals surface area (Å²) in [5, 5.41) is 56.4. The Morgan fingerprint density at radius 3 is 1.66 bits per heavy atom. The predicted molar refractivity (Wildman–Crippen MR) is 260 cm³/mol. The van der Waals surface area contributed by atoms with Gasteiger partial charge >= 0.3 is 5.97 Å². The summed E-state index contributed by atoms with van der Waals surface area (Å²) in [6.45, 7) is 5.66. The van der Waals surface area contributed by atoms with E-state index in [4.69, 9.17) is 14.2 Å². The molecule has 1 amide bonds. The van der Waals surface area contributed by atoms with Crippen LogP contribution in [0.25, 0.3) is 0 Å². The van der Waals surface area contributed by atoms with E-state index in [2.05, 4.69) is 50.4 Å². The van der Waals surface area contributed by atoms with E-state index < -0.39 is 67.4 Å². The molecule has 1 aliphatic rings. The minimum atomic E-state index is -1.63. The Bertz CT molecular complexity index is 1220. The van der Waals surface area contributed by atoms with Crippen LogP contribution >= 0.6 is 0 Å². The molecule has 1 rings (SSSR count). The lowest BCUT2D eigenvalue weighted by molar-refractivity contribution is -0.305. The van der Waals surface area contributed by atoms with Crippen molar-refractivity contribution in [2.75, 3.05) is 13.2 Å². The van der Waals surface area contributed by atoms with Crippen LogP contribution in [0.5, 0.6) is 0 Å². The van der Waals surface area contributed by atoms with E-state index in [0.717, 1.165) is 64.2 Å². The fraction of sp³-hybridized carbons (Fsp3) is 0.811. The molecule has 0 aromatic carbocycles. The molecule has 11 nitrogen and oxygen atoms in total. The predicted octanol–water partition coefficient (Wildman–Crippen LogP) is 10.5. The van der Waals surface area contributed by atoms with Gasteiger partial charge in [-0.1, -0.05) is 191 Å². The Balaban J connectivity index is 2.83. The van der Waals surface area contributed by atoms with Crippen LogP contribution < -0.4 is 5.32 Å². The van der Waals surface area contributed by atoms with Crippen LogP contribution in [0, 0.1) is 0 Å². The average molecular weight is 906 g/mol. The molecule has 64 heavy (non-hydrogen) atoms. The molecule has 1 saturated heterocycles. The van der Waals surface area contributed by atoms with Crippen molar-refractivity contribution in [3.63, 3.8) is 0 Å². The monoisotopic (exact) mass is 906 g/mol. The maximum absolute atomic E-state index is 13.3. The zero-order chi connectivity index (χ0) is 46.9. The number of ether oxygens (including phenoxy) is 3. The molecule has 0 saturated carbocycles. The fourth-order valence-corrected chi connectivity index (χ4v) is 7.74. The number of hydrogen-bond donors (Lipinski definition) is 6. The number of esters is 1. The lowest BCUT2D eigenvalue weighted by atomic mass is 9.99. The molecule has 8 atom stereocenters. The molecule has 1 aliphatic heterocycles. The summed E-state index contributed by atoms with van der Waals surface area (Å²) in [7, 11) is 0. The van der Waals surface area contributed by atoms with Gasteiger partial charge in [-0.15, -0.1) is 0 Å². The topological polar surface area (TPSA) is 175 Å². The maximum atomic E-state index is 13.3. The molecule has 0 aliphatic carbocycles. The quantitative estimate of drug-likeness (QED) is 0.0196. The Morgan fingerprint density at radius 2 is 1.09 bits per heavy atom. The fourth-order valence-electron chi connectivity index (χ4n) is 7.74. The van der Waals surface area contributed by atoms with E-state index in [1.54, 1.807) is 6.08 Å². The van der Waals surface area contributed by atoms with Gasteiger partial charge in [-0.25, -0.2) is 0 Å². The van der Waals surface area contributed by atoms with Crippen LogP contribution in [-0.2, 0) is 23.8 Å². The first-order valence-electron chi connectivity index (χ1n) is 25.9. The molecular formula is C53H95NO10. The first-order valence-corrected chi connectivity index (χ1v) is 25.9. The summed E-state index contributed by atoms with van der Waals surface area (Å²) in [5.74, 6) is -1.28. The SMILES string of the molecule is CCCC/C=C\CCCCCCC(O)C(=O)NC(COC1OC(CO)C(O)C(O)C1OC(=O)CC/C=C/C/C=C\CCCCCCCC)C(O)/C=C/CCCCCCCCCCCC. The molecule has 372 valence electrons. The third kappa shape index (κ3) is 30.8. The summed E-state index contributed by atoms with van der Waals surface area (Å²) in [4.78, 5) is 26.2. The van der Waals surface area contributed by atoms with Crippen molar-refractivity contribution >= 4 is 11.9 Å². The number of carbonyl (C=O) groups excluding carboxylic acids is 2. The standard InChI is InChI=1S/C53H95NO10/c1-4-7-10-13-16-19-22-24-26-29-32-35-38-41-48(58)64-51-50(60)49(59)47(42-55)63-53(51)62-43-44(45(56)39-36-33-30-28-25-23-20-17-14-11-8-5-2)54-52(61)46(57)40-37-34-31-27-21-18-15-12-9-6-3/h15,18,24,26,32,35-36,39,44-47,49-51,53,55-57,59-60H,4-14,16-17,19-23,25,27-31,33-34,37-38,40-43H2,1-3H3,(H,54,61)/b18-15-,26-24-,35-32+,39-36+. The average Bonchev–Trinajstić information content (AvgIpc) is 3.29. The zero-order valence-corrected chi connectivity index (χ0v) is 40.6. The van der Waals surface area contributed by atoms with E-state index in [0.29, 0.717) is 12.8 Å². The van der Waals surface area contributed by atoms with E-state index in [-0.39, 0.29) is 19.4 Å². The van der Waals surface area contributed by atoms with Gasteiger partial charge in [0.05, 0.1) is 25.4 Å². The van der Waals surface area contributed by atoms with Crippen LogP contribution in [0.3, 0.4) is 0 Å². The molecule has 8 unspecified atom stereocenters. The van der Waals surface area contributed by atoms with Gasteiger partial charge in [0.15, 0.2) is 12.4 Å². The van der Waals surface area contributed by atoms with Gasteiger partial charge in [-0.3, -0.25) is 9.59 Å². The number of aliphatic hydroxyl groups excluding tert-OH is 5. The Morgan fingerprint density at radius 1 is 0.609 bits per heavy atom. The third-order valence-corrected chi connectivity index (χ3v) is 12.0. The van der Waals surface area contributed by atoms with Crippen molar-refractivity contribution in [1.29, 1.82) is 0 Å². The largest absolute Gasteiger partial charge is 0.454 e. The summed E-state index contributed by atoms with van der Waals surface area (Å²) >= 11 is 0. The lowest BCUT2D eigenvalue weighted by Gasteiger charge is -2.41. The highest BCUT2D eigenvalue weighted by Crippen LogP contribution is 2.26. The normalized spacial score (nSPS) is 20.8. The third-order valence-electron chi connectivity index (χ3n) is 12.0. The van der Waals surface area contributed by atoms with Gasteiger partial charge in [-0.05, 0) is 64.2 Å². The summed E-state index contributed by atoms with van der Waals surface area (Å²) in [6.07, 6.45) is 37.6. The highest BCUT2D eigenvalue weighted by Gasteiger charge is 2.47. The number of allylic oxidation sites excluding steroid dienone is 7. The van der Waals surface area contributed by atoms with Gasteiger partial charge in [0.1, 0.15) is 24.4 Å². The van der Waals surface area contributed by atoms with E-state index in [9.17, 15) is 35.1 Å². The molecular weight excluding hydrogens is 811 g/mol. The maximum Gasteiger partial charge on any atom is 0.306 e. The van der Waals surface area contributed by atoms with Gasteiger partial charge in [0.2, 0.25) is 5.91 Å². The number of aliphatic hydroxyl groups is 5. The van der Waals surface area contributed by atoms with Crippen molar-refractivity contribution in [3.8, 4) is 0 Å². The number of hydrogen-bond acceptors (Lipinski definition) is 10. The summed E-state index contributed by atoms with van der Waals surface area (Å²) < 4.78 is 17.4. The molecule has 0 spiro atoms. The lowest BCUT2D eigenvalue weighted by Crippen LogP contribution is -2.61. The van der Waals surface area contributed by atoms with E-state index in [1.807, 2.05) is 18.2 Å². The number of rotatable bonds is 42. The molecule has 11 heteroatoms. The van der Waals surface area contributed by atoms with E-state index in [1.165, 1.54) is 103 Å². The van der Waals surface area contributed by atoms with Crippen molar-refractivity contribution in [2.24, 2.45) is 0 Å². The van der Waals surface area contributed by atoms with Crippen LogP contribution in [-0.4, -0.2) is 99.6 Å². The van der Waals surface area contributed by atoms with Crippen LogP contribution in [0.4, 0.5) is 0 Å². The second-order valence-corrected chi connectivity index (χ2v) is 17.9. The zero-order valence-electron chi connectivity index (χ0n) is 40.6. The van der Waals surface area contributed by atoms with Crippen molar-refractivity contribution in [2.45, 2.75) is 262 Å². The molecule has 1 fully saturated rings. The highest BCUT2D eigenvalue weighted by atomic mass is 16.7. The number of amides is 1. The summed E-state index contributed by atoms with van der Waals surface area (Å²) in [5.41, 5.74) is 0. The van der Waals surface area contributed by atoms with E-state index >= 15 is 0 Å². The van der Waals surface area contributed by atoms with Crippen LogP contribution in [0.1, 0.15) is 213 Å². The smallest absolute Gasteiger partial charge is 0.306 e. The molecule has 6 N–H and O–H groups in total. The highest BCUT2D eigenvalue weighted by molar-refractivity contribution is 5.80. The number of carbonyl (C=O) groups is 2. The second kappa shape index (κ2) is 42.0. The molecule has 1 heterocycles. The van der Waals surface area contributed by atoms with Crippen LogP contribution in [0.15, 0.2) is 48.6 Å². The van der Waals surface area contributed by atoms with Crippen molar-refractivity contribution in [3.05, 3.63) is 48.6 Å². The first-order chi connectivity index (χ1) is 31.2. The van der Waals surface area contributed by atoms with Crippen molar-refractivity contribution < 1.29 is 49.3 Å². The number of unbranched alkanes of at least 4 members (excludes halogenated alkanes) is 22. The molecule has 0 aromatic heterocycles. The van der Waals surface area contributed by atoms with Gasteiger partial charge < -0.3 is 45.1 Å². The molecule has 0 radical (unpaired) electrons. The van der Waals surface area contributed by atoms with Gasteiger partial charge in [0, 0.05) is 6.42 Å². The summed E-state index contributed by atoms with van der Waals surface area (Å²) in [6, 6.07) is -1.04. The van der Waals surface area contributed by atoms with Crippen molar-refractivity contribution in [1.82, 2.24) is 5.32 Å². The molecule has 0 aromatic rings. The first kappa shape index (κ1) is 59.6. The van der Waals surface area contributed by atoms with Gasteiger partial charge in [0.25, 0.3) is 0 Å². The Labute approximate surface area is 389 Å². The minimum Gasteiger partial charge on any atom is -0.454 e. The second-order valence-electron chi connectivity index (χ2n) is 17.9. The minimum absolute atomic E-state index is 0.0165. The molecule has 0 bridgehead atoms. The van der Waals surface area contributed by atoms with Crippen LogP contribution in [0.2, 0.25) is 0 Å².